The second-order valence-corrected chi connectivity index (χ2v) is 6.88. The first kappa shape index (κ1) is 17.1. The second kappa shape index (κ2) is 7.88. The van der Waals surface area contributed by atoms with Gasteiger partial charge in [0.1, 0.15) is 5.82 Å². The summed E-state index contributed by atoms with van der Waals surface area (Å²) in [6.45, 7) is 4.44. The Balaban J connectivity index is 1.68. The van der Waals surface area contributed by atoms with E-state index in [1.165, 1.54) is 17.7 Å². The molecule has 0 saturated carbocycles. The van der Waals surface area contributed by atoms with Crippen LogP contribution in [0.3, 0.4) is 0 Å². The van der Waals surface area contributed by atoms with Crippen molar-refractivity contribution in [3.8, 4) is 0 Å². The van der Waals surface area contributed by atoms with Crippen LogP contribution in [0.15, 0.2) is 41.1 Å². The number of hydrogen-bond acceptors (Lipinski definition) is 4. The molecule has 3 rings (SSSR count). The largest absolute Gasteiger partial charge is 0.350 e. The molecule has 2 heterocycles. The maximum Gasteiger partial charge on any atom is 0.254 e. The Labute approximate surface area is 145 Å². The smallest absolute Gasteiger partial charge is 0.254 e. The molecule has 1 unspecified atom stereocenters. The minimum atomic E-state index is -0.485. The third-order valence-electron chi connectivity index (χ3n) is 4.48. The number of benzene rings is 1. The third-order valence-corrected chi connectivity index (χ3v) is 5.18. The van der Waals surface area contributed by atoms with Crippen molar-refractivity contribution in [3.05, 3.63) is 58.0 Å². The average molecular weight is 347 g/mol. The van der Waals surface area contributed by atoms with Crippen LogP contribution < -0.4 is 5.32 Å². The fourth-order valence-corrected chi connectivity index (χ4v) is 3.69. The lowest BCUT2D eigenvalue weighted by Crippen LogP contribution is -2.48. The Kier molecular flexibility index (Phi) is 5.60. The van der Waals surface area contributed by atoms with E-state index in [4.69, 9.17) is 0 Å². The third kappa shape index (κ3) is 4.01. The van der Waals surface area contributed by atoms with E-state index in [1.807, 2.05) is 0 Å². The van der Waals surface area contributed by atoms with Crippen LogP contribution >= 0.6 is 11.3 Å². The van der Waals surface area contributed by atoms with Crippen molar-refractivity contribution in [1.29, 1.82) is 0 Å². The number of carbonyl (C=O) groups is 1. The summed E-state index contributed by atoms with van der Waals surface area (Å²) in [4.78, 5) is 17.0. The zero-order valence-corrected chi connectivity index (χ0v) is 14.6. The average Bonchev–Trinajstić information content (AvgIpc) is 3.11. The van der Waals surface area contributed by atoms with E-state index < -0.39 is 5.82 Å². The first-order valence-electron chi connectivity index (χ1n) is 8.12. The van der Waals surface area contributed by atoms with Crippen molar-refractivity contribution >= 4 is 17.2 Å². The molecule has 0 spiro atoms. The van der Waals surface area contributed by atoms with E-state index in [0.717, 1.165) is 26.2 Å². The van der Waals surface area contributed by atoms with Gasteiger partial charge in [-0.1, -0.05) is 12.1 Å². The van der Waals surface area contributed by atoms with Gasteiger partial charge in [0, 0.05) is 32.7 Å². The van der Waals surface area contributed by atoms with Crippen molar-refractivity contribution < 1.29 is 9.18 Å². The topological polar surface area (TPSA) is 35.6 Å². The normalized spacial score (nSPS) is 17.6. The molecule has 0 aliphatic carbocycles. The molecule has 4 nitrogen and oxygen atoms in total. The lowest BCUT2D eigenvalue weighted by molar-refractivity contribution is 0.0883. The summed E-state index contributed by atoms with van der Waals surface area (Å²) in [5.41, 5.74) is 1.30. The highest BCUT2D eigenvalue weighted by Gasteiger charge is 2.25. The van der Waals surface area contributed by atoms with E-state index in [-0.39, 0.29) is 17.5 Å². The minimum Gasteiger partial charge on any atom is -0.350 e. The number of halogens is 1. The van der Waals surface area contributed by atoms with Crippen LogP contribution in [0.25, 0.3) is 0 Å². The number of likely N-dealkylation sites (N-methyl/N-ethyl adjacent to an activating group) is 1. The molecule has 1 fully saturated rings. The summed E-state index contributed by atoms with van der Waals surface area (Å²) in [5, 5.41) is 7.08. The summed E-state index contributed by atoms with van der Waals surface area (Å²) in [6.07, 6.45) is 0. The lowest BCUT2D eigenvalue weighted by Gasteiger charge is -2.38. The zero-order chi connectivity index (χ0) is 16.9. The van der Waals surface area contributed by atoms with Gasteiger partial charge in [0.25, 0.3) is 5.91 Å². The number of thiophene rings is 1. The maximum atomic E-state index is 13.8. The fraction of sp³-hybridized carbons (Fsp3) is 0.389. The molecule has 1 amide bonds. The molecule has 1 aliphatic rings. The first-order valence-corrected chi connectivity index (χ1v) is 9.07. The van der Waals surface area contributed by atoms with Crippen LogP contribution in [0.5, 0.6) is 0 Å². The Morgan fingerprint density at radius 3 is 2.67 bits per heavy atom. The SMILES string of the molecule is CN1CCN(C(CNC(=O)c2ccccc2F)c2ccsc2)CC1. The molecule has 0 bridgehead atoms. The summed E-state index contributed by atoms with van der Waals surface area (Å²) < 4.78 is 13.8. The van der Waals surface area contributed by atoms with Crippen LogP contribution in [0.2, 0.25) is 0 Å². The maximum absolute atomic E-state index is 13.8. The van der Waals surface area contributed by atoms with E-state index in [0.29, 0.717) is 6.54 Å². The molecule has 24 heavy (non-hydrogen) atoms. The Hall–Kier alpha value is -1.76. The van der Waals surface area contributed by atoms with Gasteiger partial charge in [0.2, 0.25) is 0 Å². The first-order chi connectivity index (χ1) is 11.6. The van der Waals surface area contributed by atoms with Crippen LogP contribution in [-0.2, 0) is 0 Å². The molecule has 1 aromatic heterocycles. The van der Waals surface area contributed by atoms with Gasteiger partial charge in [-0.2, -0.15) is 11.3 Å². The molecular weight excluding hydrogens is 325 g/mol. The molecule has 0 radical (unpaired) electrons. The summed E-state index contributed by atoms with van der Waals surface area (Å²) in [5.74, 6) is -0.843. The summed E-state index contributed by atoms with van der Waals surface area (Å²) in [6, 6.07) is 8.31. The number of nitrogens with zero attached hydrogens (tertiary/aromatic N) is 2. The van der Waals surface area contributed by atoms with Gasteiger partial charge in [0.05, 0.1) is 11.6 Å². The van der Waals surface area contributed by atoms with Gasteiger partial charge in [-0.15, -0.1) is 0 Å². The molecular formula is C18H22FN3OS. The van der Waals surface area contributed by atoms with Crippen molar-refractivity contribution in [3.63, 3.8) is 0 Å². The molecule has 6 heteroatoms. The quantitative estimate of drug-likeness (QED) is 0.903. The monoisotopic (exact) mass is 347 g/mol. The Morgan fingerprint density at radius 1 is 1.25 bits per heavy atom. The van der Waals surface area contributed by atoms with Gasteiger partial charge >= 0.3 is 0 Å². The number of rotatable bonds is 5. The Bertz CT molecular complexity index is 669. The molecule has 1 aromatic carbocycles. The van der Waals surface area contributed by atoms with Gasteiger partial charge < -0.3 is 10.2 Å². The van der Waals surface area contributed by atoms with Gasteiger partial charge in [-0.25, -0.2) is 4.39 Å². The van der Waals surface area contributed by atoms with Crippen molar-refractivity contribution in [1.82, 2.24) is 15.1 Å². The number of carbonyl (C=O) groups excluding carboxylic acids is 1. The van der Waals surface area contributed by atoms with Crippen LogP contribution in [0.1, 0.15) is 22.0 Å². The lowest BCUT2D eigenvalue weighted by atomic mass is 10.1. The standard InChI is InChI=1S/C18H22FN3OS/c1-21-7-9-22(10-8-21)17(14-6-11-24-13-14)12-20-18(23)15-4-2-3-5-16(15)19/h2-6,11,13,17H,7-10,12H2,1H3,(H,20,23). The fourth-order valence-electron chi connectivity index (χ4n) is 2.99. The predicted molar refractivity (Wildman–Crippen MR) is 94.9 cm³/mol. The molecule has 1 saturated heterocycles. The highest BCUT2D eigenvalue weighted by Crippen LogP contribution is 2.23. The van der Waals surface area contributed by atoms with E-state index in [9.17, 15) is 9.18 Å². The number of nitrogens with one attached hydrogen (secondary N) is 1. The summed E-state index contributed by atoms with van der Waals surface area (Å²) >= 11 is 1.66. The van der Waals surface area contributed by atoms with Gasteiger partial charge in [-0.3, -0.25) is 9.69 Å². The van der Waals surface area contributed by atoms with E-state index >= 15 is 0 Å². The number of amides is 1. The van der Waals surface area contributed by atoms with Crippen molar-refractivity contribution in [2.24, 2.45) is 0 Å². The highest BCUT2D eigenvalue weighted by atomic mass is 32.1. The van der Waals surface area contributed by atoms with Gasteiger partial charge in [-0.05, 0) is 41.6 Å². The molecule has 1 aliphatic heterocycles. The summed E-state index contributed by atoms with van der Waals surface area (Å²) in [7, 11) is 2.12. The van der Waals surface area contributed by atoms with Crippen molar-refractivity contribution in [2.75, 3.05) is 39.8 Å². The number of piperazine rings is 1. The van der Waals surface area contributed by atoms with Crippen LogP contribution in [0, 0.1) is 5.82 Å². The number of hydrogen-bond donors (Lipinski definition) is 1. The Morgan fingerprint density at radius 2 is 2.00 bits per heavy atom. The van der Waals surface area contributed by atoms with Crippen molar-refractivity contribution in [2.45, 2.75) is 6.04 Å². The van der Waals surface area contributed by atoms with Crippen LogP contribution in [-0.4, -0.2) is 55.5 Å². The molecule has 1 atom stereocenters. The zero-order valence-electron chi connectivity index (χ0n) is 13.7. The predicted octanol–water partition coefficient (Wildman–Crippen LogP) is 2.61. The highest BCUT2D eigenvalue weighted by molar-refractivity contribution is 7.07. The van der Waals surface area contributed by atoms with Gasteiger partial charge in [0.15, 0.2) is 0 Å². The van der Waals surface area contributed by atoms with E-state index in [2.05, 4.69) is 39.0 Å². The minimum absolute atomic E-state index is 0.0972. The molecule has 1 N–H and O–H groups in total. The van der Waals surface area contributed by atoms with Crippen LogP contribution in [0.4, 0.5) is 4.39 Å². The second-order valence-electron chi connectivity index (χ2n) is 6.10. The molecule has 2 aromatic rings. The molecule has 128 valence electrons. The van der Waals surface area contributed by atoms with E-state index in [1.54, 1.807) is 23.5 Å².